The van der Waals surface area contributed by atoms with Crippen molar-refractivity contribution in [1.82, 2.24) is 0 Å². The van der Waals surface area contributed by atoms with Crippen LogP contribution in [0.2, 0.25) is 0 Å². The molecule has 3 N–H and O–H groups in total. The van der Waals surface area contributed by atoms with E-state index in [4.69, 9.17) is 49.0 Å². The lowest BCUT2D eigenvalue weighted by atomic mass is 10.0. The van der Waals surface area contributed by atoms with Crippen LogP contribution in [0, 0.1) is 0 Å². The Bertz CT molecular complexity index is 430. The Morgan fingerprint density at radius 2 is 1.92 bits per heavy atom. The summed E-state index contributed by atoms with van der Waals surface area (Å²) in [7, 11) is 0. The summed E-state index contributed by atoms with van der Waals surface area (Å²) in [4.78, 5) is 10.3. The van der Waals surface area contributed by atoms with Gasteiger partial charge in [-0.1, -0.05) is 0 Å². The van der Waals surface area contributed by atoms with Gasteiger partial charge < -0.3 is 34.3 Å². The number of carbonyl (C=O) groups is 1. The van der Waals surface area contributed by atoms with E-state index in [1.54, 1.807) is 0 Å². The molecule has 2 rings (SSSR count). The van der Waals surface area contributed by atoms with Crippen LogP contribution in [0.3, 0.4) is 0 Å². The normalized spacial score (nSPS) is 46.0. The van der Waals surface area contributed by atoms with Crippen molar-refractivity contribution in [3.63, 3.8) is 0 Å². The smallest absolute Gasteiger partial charge is 0.293 e. The highest BCUT2D eigenvalue weighted by Crippen LogP contribution is 2.37. The Morgan fingerprint density at radius 3 is 2.46 bits per heavy atom. The summed E-state index contributed by atoms with van der Waals surface area (Å²) < 4.78 is 21.3. The molecule has 2 fully saturated rings. The van der Waals surface area contributed by atoms with Crippen LogP contribution < -0.4 is 0 Å². The first-order valence-electron chi connectivity index (χ1n) is 7.24. The summed E-state index contributed by atoms with van der Waals surface area (Å²) in [5, 5.41) is 29.1. The van der Waals surface area contributed by atoms with Gasteiger partial charge in [0, 0.05) is 6.42 Å². The zero-order valence-corrected chi connectivity index (χ0v) is 14.7. The maximum Gasteiger partial charge on any atom is 0.293 e. The molecule has 0 bridgehead atoms. The van der Waals surface area contributed by atoms with Crippen LogP contribution in [-0.2, 0) is 23.7 Å². The zero-order valence-electron chi connectivity index (χ0n) is 12.5. The van der Waals surface area contributed by atoms with Crippen LogP contribution >= 0.6 is 34.8 Å². The monoisotopic (exact) mass is 408 g/mol. The molecule has 0 aliphatic carbocycles. The topological polar surface area (TPSA) is 115 Å². The summed E-state index contributed by atoms with van der Waals surface area (Å²) in [6, 6.07) is 0. The molecule has 0 radical (unpaired) electrons. The molecule has 24 heavy (non-hydrogen) atoms. The average Bonchev–Trinajstić information content (AvgIpc) is 2.90. The molecule has 2 heterocycles. The van der Waals surface area contributed by atoms with Gasteiger partial charge in [-0.15, -0.1) is 34.8 Å². The van der Waals surface area contributed by atoms with Crippen molar-refractivity contribution >= 4 is 41.3 Å². The predicted molar refractivity (Wildman–Crippen MR) is 83.1 cm³/mol. The number of carbonyl (C=O) groups excluding carboxylic acids is 1. The quantitative estimate of drug-likeness (QED) is 0.383. The lowest BCUT2D eigenvalue weighted by Crippen LogP contribution is -2.59. The molecule has 140 valence electrons. The van der Waals surface area contributed by atoms with Crippen molar-refractivity contribution in [2.45, 2.75) is 54.4 Å². The van der Waals surface area contributed by atoms with E-state index in [9.17, 15) is 20.1 Å². The Hall–Kier alpha value is 0.1000. The van der Waals surface area contributed by atoms with E-state index < -0.39 is 48.0 Å². The average molecular weight is 410 g/mol. The number of hydrogen-bond donors (Lipinski definition) is 3. The van der Waals surface area contributed by atoms with Crippen molar-refractivity contribution < 1.29 is 39.1 Å². The number of halogens is 3. The van der Waals surface area contributed by atoms with Crippen LogP contribution in [0.4, 0.5) is 0 Å². The van der Waals surface area contributed by atoms with Gasteiger partial charge in [-0.05, 0) is 0 Å². The van der Waals surface area contributed by atoms with Gasteiger partial charge in [-0.2, -0.15) is 0 Å². The molecule has 0 amide bonds. The van der Waals surface area contributed by atoms with Gasteiger partial charge in [0.2, 0.25) is 0 Å². The van der Waals surface area contributed by atoms with Gasteiger partial charge in [0.1, 0.15) is 31.0 Å². The highest BCUT2D eigenvalue weighted by Gasteiger charge is 2.52. The van der Waals surface area contributed by atoms with E-state index in [2.05, 4.69) is 4.74 Å². The summed E-state index contributed by atoms with van der Waals surface area (Å²) in [6.07, 6.45) is -6.73. The SMILES string of the molecule is O=COCC1O[C@H](O[C@]2(CCl)CC(O)[C@@H](CCl)O2)C(O)C(O)[C@H]1Cl. The number of alkyl halides is 3. The molecule has 0 spiro atoms. The maximum atomic E-state index is 10.3. The molecule has 8 atom stereocenters. The molecule has 2 aliphatic heterocycles. The van der Waals surface area contributed by atoms with E-state index in [1.165, 1.54) is 0 Å². The second-order valence-corrected chi connectivity index (χ2v) is 6.72. The Balaban J connectivity index is 2.09. The van der Waals surface area contributed by atoms with Crippen molar-refractivity contribution in [3.05, 3.63) is 0 Å². The minimum Gasteiger partial charge on any atom is -0.465 e. The first-order chi connectivity index (χ1) is 11.4. The number of aliphatic hydroxyl groups is 3. The molecule has 8 nitrogen and oxygen atoms in total. The van der Waals surface area contributed by atoms with Crippen molar-refractivity contribution in [2.75, 3.05) is 18.4 Å². The van der Waals surface area contributed by atoms with Gasteiger partial charge >= 0.3 is 0 Å². The minimum absolute atomic E-state index is 0.0103. The third-order valence-corrected chi connectivity index (χ3v) is 5.20. The Labute approximate surface area is 153 Å². The molecular formula is C13H19Cl3O8. The van der Waals surface area contributed by atoms with Crippen molar-refractivity contribution in [1.29, 1.82) is 0 Å². The molecule has 0 aromatic carbocycles. The molecular weight excluding hydrogens is 390 g/mol. The number of aliphatic hydroxyl groups excluding tert-OH is 3. The molecule has 0 aromatic heterocycles. The van der Waals surface area contributed by atoms with Crippen molar-refractivity contribution in [2.24, 2.45) is 0 Å². The first-order valence-corrected chi connectivity index (χ1v) is 8.74. The van der Waals surface area contributed by atoms with Crippen LogP contribution in [0.1, 0.15) is 6.42 Å². The van der Waals surface area contributed by atoms with E-state index in [0.29, 0.717) is 0 Å². The lowest BCUT2D eigenvalue weighted by Gasteiger charge is -2.42. The largest absolute Gasteiger partial charge is 0.465 e. The minimum atomic E-state index is -1.49. The van der Waals surface area contributed by atoms with E-state index in [0.717, 1.165) is 0 Å². The highest BCUT2D eigenvalue weighted by molar-refractivity contribution is 6.21. The third-order valence-electron chi connectivity index (χ3n) is 3.95. The van der Waals surface area contributed by atoms with Crippen molar-refractivity contribution in [3.8, 4) is 0 Å². The van der Waals surface area contributed by atoms with Crippen LogP contribution in [0.5, 0.6) is 0 Å². The van der Waals surface area contributed by atoms with Gasteiger partial charge in [0.05, 0.1) is 23.2 Å². The van der Waals surface area contributed by atoms with Crippen LogP contribution in [-0.4, -0.2) is 88.1 Å². The molecule has 0 saturated carbocycles. The predicted octanol–water partition coefficient (Wildman–Crippen LogP) is -0.446. The number of rotatable bonds is 7. The number of hydrogen-bond acceptors (Lipinski definition) is 8. The number of ether oxygens (including phenoxy) is 4. The maximum absolute atomic E-state index is 10.3. The van der Waals surface area contributed by atoms with E-state index in [-0.39, 0.29) is 31.3 Å². The fourth-order valence-corrected chi connectivity index (χ4v) is 3.44. The zero-order chi connectivity index (χ0) is 17.9. The van der Waals surface area contributed by atoms with E-state index in [1.807, 2.05) is 0 Å². The molecule has 4 unspecified atom stereocenters. The second kappa shape index (κ2) is 8.66. The second-order valence-electron chi connectivity index (χ2n) is 5.64. The summed E-state index contributed by atoms with van der Waals surface area (Å²) in [5.41, 5.74) is 0. The third kappa shape index (κ3) is 4.25. The first kappa shape index (κ1) is 20.4. The summed E-state index contributed by atoms with van der Waals surface area (Å²) in [6.45, 7) is -0.0228. The van der Waals surface area contributed by atoms with Gasteiger partial charge in [-0.3, -0.25) is 4.79 Å². The summed E-state index contributed by atoms with van der Waals surface area (Å²) >= 11 is 17.6. The van der Waals surface area contributed by atoms with Gasteiger partial charge in [-0.25, -0.2) is 0 Å². The Kier molecular flexibility index (Phi) is 7.36. The molecule has 0 aromatic rings. The standard InChI is InChI=1S/C13H19Cl3O8/c14-2-7-6(18)1-13(4-15,23-7)24-12-11(20)10(19)9(16)8(22-12)3-21-5-17/h5-12,18-20H,1-4H2/t6?,7-,8?,9+,10?,11?,12-,13+/m1/s1. The molecule has 11 heteroatoms. The molecule has 2 saturated heterocycles. The molecule has 2 aliphatic rings. The van der Waals surface area contributed by atoms with E-state index >= 15 is 0 Å². The van der Waals surface area contributed by atoms with Gasteiger partial charge in [0.25, 0.3) is 6.47 Å². The lowest BCUT2D eigenvalue weighted by molar-refractivity contribution is -0.344. The Morgan fingerprint density at radius 1 is 1.21 bits per heavy atom. The fourth-order valence-electron chi connectivity index (χ4n) is 2.65. The van der Waals surface area contributed by atoms with Gasteiger partial charge in [0.15, 0.2) is 12.1 Å². The fraction of sp³-hybridized carbons (Fsp3) is 0.923. The summed E-state index contributed by atoms with van der Waals surface area (Å²) in [5.74, 6) is -1.58. The van der Waals surface area contributed by atoms with Crippen LogP contribution in [0.15, 0.2) is 0 Å². The highest BCUT2D eigenvalue weighted by atomic mass is 35.5. The van der Waals surface area contributed by atoms with Crippen LogP contribution in [0.25, 0.3) is 0 Å².